The number of aromatic nitrogens is 2. The Balaban J connectivity index is 1.35. The topological polar surface area (TPSA) is 89.7 Å². The Morgan fingerprint density at radius 1 is 1.21 bits per heavy atom. The van der Waals surface area contributed by atoms with Gasteiger partial charge in [0.1, 0.15) is 0 Å². The molecular weight excluding hydrogens is 432 g/mol. The normalized spacial score (nSPS) is 17.2. The first-order chi connectivity index (χ1) is 16.5. The maximum absolute atomic E-state index is 13.0. The molecule has 1 fully saturated rings. The molecule has 2 unspecified atom stereocenters. The number of ether oxygens (including phenoxy) is 2. The third kappa shape index (κ3) is 5.39. The molecule has 2 heterocycles. The lowest BCUT2D eigenvalue weighted by atomic mass is 9.96. The zero-order valence-corrected chi connectivity index (χ0v) is 20.2. The highest BCUT2D eigenvalue weighted by atomic mass is 16.5. The molecule has 0 saturated carbocycles. The van der Waals surface area contributed by atoms with Crippen molar-refractivity contribution in [2.24, 2.45) is 5.92 Å². The van der Waals surface area contributed by atoms with Gasteiger partial charge in [-0.05, 0) is 56.5 Å². The van der Waals surface area contributed by atoms with E-state index in [1.165, 1.54) is 0 Å². The number of carbonyl (C=O) groups is 1. The van der Waals surface area contributed by atoms with Crippen LogP contribution in [-0.2, 0) is 11.3 Å². The van der Waals surface area contributed by atoms with Crippen LogP contribution in [0.3, 0.4) is 0 Å². The van der Waals surface area contributed by atoms with Gasteiger partial charge in [-0.1, -0.05) is 35.5 Å². The van der Waals surface area contributed by atoms with Crippen LogP contribution >= 0.6 is 0 Å². The Hall–Kier alpha value is -3.39. The van der Waals surface area contributed by atoms with Gasteiger partial charge in [0, 0.05) is 12.1 Å². The number of benzene rings is 2. The zero-order chi connectivity index (χ0) is 24.1. The fourth-order valence-corrected chi connectivity index (χ4v) is 4.39. The van der Waals surface area contributed by atoms with E-state index in [1.807, 2.05) is 56.3 Å². The molecule has 0 bridgehead atoms. The van der Waals surface area contributed by atoms with Gasteiger partial charge in [-0.15, -0.1) is 0 Å². The van der Waals surface area contributed by atoms with Gasteiger partial charge in [0.15, 0.2) is 11.5 Å². The first-order valence-corrected chi connectivity index (χ1v) is 11.6. The number of nitrogens with zero attached hydrogens (tertiary/aromatic N) is 3. The second-order valence-electron chi connectivity index (χ2n) is 8.75. The Kier molecular flexibility index (Phi) is 7.47. The van der Waals surface area contributed by atoms with Gasteiger partial charge in [-0.25, -0.2) is 0 Å². The standard InChI is InChI=1S/C26H32N4O4/c1-17-8-5-6-10-21(17)25-28-24(34-29-25)16-30-13-7-9-20(15-30)26(31)27-18(2)19-11-12-22(32-3)23(14-19)33-4/h5-6,8,10-12,14,18,20H,7,9,13,15-16H2,1-4H3,(H,27,31). The molecule has 0 spiro atoms. The van der Waals surface area contributed by atoms with Crippen molar-refractivity contribution in [2.45, 2.75) is 39.3 Å². The molecule has 8 heteroatoms. The monoisotopic (exact) mass is 464 g/mol. The highest BCUT2D eigenvalue weighted by molar-refractivity contribution is 5.79. The van der Waals surface area contributed by atoms with Crippen LogP contribution in [0.1, 0.15) is 42.8 Å². The van der Waals surface area contributed by atoms with Crippen LogP contribution in [0.15, 0.2) is 47.0 Å². The molecule has 180 valence electrons. The molecular formula is C26H32N4O4. The van der Waals surface area contributed by atoms with Crippen LogP contribution in [-0.4, -0.2) is 48.3 Å². The molecule has 1 aliphatic heterocycles. The second kappa shape index (κ2) is 10.7. The summed E-state index contributed by atoms with van der Waals surface area (Å²) in [6.07, 6.45) is 1.81. The number of likely N-dealkylation sites (tertiary alicyclic amines) is 1. The van der Waals surface area contributed by atoms with Crippen LogP contribution in [0, 0.1) is 12.8 Å². The molecule has 0 radical (unpaired) electrons. The van der Waals surface area contributed by atoms with Crippen molar-refractivity contribution < 1.29 is 18.8 Å². The van der Waals surface area contributed by atoms with Crippen molar-refractivity contribution in [2.75, 3.05) is 27.3 Å². The van der Waals surface area contributed by atoms with Crippen LogP contribution in [0.4, 0.5) is 0 Å². The van der Waals surface area contributed by atoms with E-state index in [4.69, 9.17) is 14.0 Å². The summed E-state index contributed by atoms with van der Waals surface area (Å²) in [6, 6.07) is 13.5. The van der Waals surface area contributed by atoms with E-state index in [9.17, 15) is 4.79 Å². The Labute approximate surface area is 200 Å². The molecule has 0 aliphatic carbocycles. The third-order valence-electron chi connectivity index (χ3n) is 6.36. The number of hydrogen-bond acceptors (Lipinski definition) is 7. The van der Waals surface area contributed by atoms with Gasteiger partial charge in [-0.3, -0.25) is 9.69 Å². The van der Waals surface area contributed by atoms with Gasteiger partial charge < -0.3 is 19.3 Å². The maximum atomic E-state index is 13.0. The molecule has 4 rings (SSSR count). The number of methoxy groups -OCH3 is 2. The number of aryl methyl sites for hydroxylation is 1. The molecule has 34 heavy (non-hydrogen) atoms. The second-order valence-corrected chi connectivity index (χ2v) is 8.75. The van der Waals surface area contributed by atoms with Gasteiger partial charge in [-0.2, -0.15) is 4.98 Å². The van der Waals surface area contributed by atoms with Crippen molar-refractivity contribution in [1.29, 1.82) is 0 Å². The third-order valence-corrected chi connectivity index (χ3v) is 6.36. The Bertz CT molecular complexity index is 1130. The SMILES string of the molecule is COc1ccc(C(C)NC(=O)C2CCCN(Cc3nc(-c4ccccc4C)no3)C2)cc1OC. The van der Waals surface area contributed by atoms with Crippen LogP contribution in [0.5, 0.6) is 11.5 Å². The molecule has 1 aromatic heterocycles. The van der Waals surface area contributed by atoms with E-state index in [-0.39, 0.29) is 17.9 Å². The van der Waals surface area contributed by atoms with Crippen molar-refractivity contribution in [3.05, 3.63) is 59.5 Å². The number of hydrogen-bond donors (Lipinski definition) is 1. The number of carbonyl (C=O) groups excluding carboxylic acids is 1. The predicted molar refractivity (Wildman–Crippen MR) is 129 cm³/mol. The number of nitrogens with one attached hydrogen (secondary N) is 1. The summed E-state index contributed by atoms with van der Waals surface area (Å²) in [5.74, 6) is 2.45. The highest BCUT2D eigenvalue weighted by Crippen LogP contribution is 2.30. The maximum Gasteiger partial charge on any atom is 0.241 e. The smallest absolute Gasteiger partial charge is 0.241 e. The largest absolute Gasteiger partial charge is 0.493 e. The highest BCUT2D eigenvalue weighted by Gasteiger charge is 2.28. The lowest BCUT2D eigenvalue weighted by molar-refractivity contribution is -0.127. The molecule has 1 amide bonds. The van der Waals surface area contributed by atoms with E-state index in [0.717, 1.165) is 36.1 Å². The first-order valence-electron chi connectivity index (χ1n) is 11.6. The summed E-state index contributed by atoms with van der Waals surface area (Å²) in [6.45, 7) is 6.10. The van der Waals surface area contributed by atoms with Crippen molar-refractivity contribution in [3.63, 3.8) is 0 Å². The molecule has 1 N–H and O–H groups in total. The fourth-order valence-electron chi connectivity index (χ4n) is 4.39. The molecule has 2 atom stereocenters. The number of piperidine rings is 1. The molecule has 1 aliphatic rings. The van der Waals surface area contributed by atoms with E-state index in [2.05, 4.69) is 20.4 Å². The minimum Gasteiger partial charge on any atom is -0.493 e. The van der Waals surface area contributed by atoms with Crippen molar-refractivity contribution in [3.8, 4) is 22.9 Å². The lowest BCUT2D eigenvalue weighted by Gasteiger charge is -2.31. The minimum absolute atomic E-state index is 0.0538. The predicted octanol–water partition coefficient (Wildman–Crippen LogP) is 4.15. The van der Waals surface area contributed by atoms with Crippen LogP contribution in [0.2, 0.25) is 0 Å². The van der Waals surface area contributed by atoms with E-state index >= 15 is 0 Å². The summed E-state index contributed by atoms with van der Waals surface area (Å²) in [5.41, 5.74) is 3.04. The van der Waals surface area contributed by atoms with Gasteiger partial charge in [0.25, 0.3) is 0 Å². The quantitative estimate of drug-likeness (QED) is 0.536. The summed E-state index contributed by atoms with van der Waals surface area (Å²) in [4.78, 5) is 19.8. The minimum atomic E-state index is -0.143. The number of amides is 1. The van der Waals surface area contributed by atoms with Crippen LogP contribution in [0.25, 0.3) is 11.4 Å². The average Bonchev–Trinajstić information content (AvgIpc) is 3.32. The van der Waals surface area contributed by atoms with Crippen molar-refractivity contribution >= 4 is 5.91 Å². The summed E-state index contributed by atoms with van der Waals surface area (Å²) in [5, 5.41) is 7.31. The molecule has 2 aromatic carbocycles. The fraction of sp³-hybridized carbons (Fsp3) is 0.423. The zero-order valence-electron chi connectivity index (χ0n) is 20.2. The summed E-state index contributed by atoms with van der Waals surface area (Å²) < 4.78 is 16.2. The number of rotatable bonds is 8. The lowest BCUT2D eigenvalue weighted by Crippen LogP contribution is -2.43. The van der Waals surface area contributed by atoms with Gasteiger partial charge in [0.05, 0.1) is 32.7 Å². The van der Waals surface area contributed by atoms with E-state index < -0.39 is 0 Å². The Morgan fingerprint density at radius 3 is 2.76 bits per heavy atom. The van der Waals surface area contributed by atoms with Gasteiger partial charge in [0.2, 0.25) is 17.6 Å². The van der Waals surface area contributed by atoms with Crippen LogP contribution < -0.4 is 14.8 Å². The molecule has 1 saturated heterocycles. The Morgan fingerprint density at radius 2 is 2.00 bits per heavy atom. The molecule has 3 aromatic rings. The first kappa shape index (κ1) is 23.8. The van der Waals surface area contributed by atoms with E-state index in [0.29, 0.717) is 36.3 Å². The summed E-state index contributed by atoms with van der Waals surface area (Å²) >= 11 is 0. The van der Waals surface area contributed by atoms with Crippen molar-refractivity contribution in [1.82, 2.24) is 20.4 Å². The summed E-state index contributed by atoms with van der Waals surface area (Å²) in [7, 11) is 3.21. The van der Waals surface area contributed by atoms with Gasteiger partial charge >= 0.3 is 0 Å². The average molecular weight is 465 g/mol. The van der Waals surface area contributed by atoms with E-state index in [1.54, 1.807) is 14.2 Å². The molecule has 8 nitrogen and oxygen atoms in total.